The summed E-state index contributed by atoms with van der Waals surface area (Å²) < 4.78 is 5.23. The number of benzene rings is 1. The lowest BCUT2D eigenvalue weighted by molar-refractivity contribution is 0.0506. The molecular weight excluding hydrogens is 266 g/mol. The SMILES string of the molecule is C[C@H](NC(=O)OC(C)(C)C)c1nc(-c2ccccc2)c[nH]1. The summed E-state index contributed by atoms with van der Waals surface area (Å²) in [6.45, 7) is 7.35. The Labute approximate surface area is 124 Å². The number of hydrogen-bond donors (Lipinski definition) is 2. The molecule has 2 N–H and O–H groups in total. The van der Waals surface area contributed by atoms with Crippen LogP contribution in [0.3, 0.4) is 0 Å². The highest BCUT2D eigenvalue weighted by molar-refractivity contribution is 5.68. The molecule has 1 heterocycles. The smallest absolute Gasteiger partial charge is 0.408 e. The average molecular weight is 287 g/mol. The topological polar surface area (TPSA) is 67.0 Å². The van der Waals surface area contributed by atoms with Crippen molar-refractivity contribution in [3.63, 3.8) is 0 Å². The third-order valence-corrected chi connectivity index (χ3v) is 2.81. The number of H-pyrrole nitrogens is 1. The minimum absolute atomic E-state index is 0.252. The van der Waals surface area contributed by atoms with Gasteiger partial charge in [0.15, 0.2) is 0 Å². The first-order valence-electron chi connectivity index (χ1n) is 6.95. The van der Waals surface area contributed by atoms with Gasteiger partial charge in [-0.2, -0.15) is 0 Å². The lowest BCUT2D eigenvalue weighted by Crippen LogP contribution is -2.34. The molecule has 0 aliphatic rings. The maximum atomic E-state index is 11.7. The highest BCUT2D eigenvalue weighted by Crippen LogP contribution is 2.19. The van der Waals surface area contributed by atoms with Crippen molar-refractivity contribution in [1.82, 2.24) is 15.3 Å². The molecule has 21 heavy (non-hydrogen) atoms. The molecule has 0 fully saturated rings. The zero-order valence-electron chi connectivity index (χ0n) is 12.8. The van der Waals surface area contributed by atoms with E-state index >= 15 is 0 Å². The van der Waals surface area contributed by atoms with Crippen molar-refractivity contribution in [2.75, 3.05) is 0 Å². The predicted molar refractivity (Wildman–Crippen MR) is 81.8 cm³/mol. The van der Waals surface area contributed by atoms with Crippen molar-refractivity contribution >= 4 is 6.09 Å². The Balaban J connectivity index is 2.03. The van der Waals surface area contributed by atoms with Crippen LogP contribution >= 0.6 is 0 Å². The van der Waals surface area contributed by atoms with Crippen LogP contribution in [0.5, 0.6) is 0 Å². The van der Waals surface area contributed by atoms with Crippen LogP contribution in [0.25, 0.3) is 11.3 Å². The van der Waals surface area contributed by atoms with Gasteiger partial charge in [0.2, 0.25) is 0 Å². The van der Waals surface area contributed by atoms with Crippen LogP contribution in [0.4, 0.5) is 4.79 Å². The van der Waals surface area contributed by atoms with Crippen LogP contribution in [0.1, 0.15) is 39.6 Å². The largest absolute Gasteiger partial charge is 0.444 e. The van der Waals surface area contributed by atoms with Gasteiger partial charge in [-0.15, -0.1) is 0 Å². The maximum absolute atomic E-state index is 11.7. The van der Waals surface area contributed by atoms with E-state index in [0.29, 0.717) is 5.82 Å². The Bertz CT molecular complexity index is 599. The van der Waals surface area contributed by atoms with E-state index in [0.717, 1.165) is 11.3 Å². The van der Waals surface area contributed by atoms with Crippen molar-refractivity contribution < 1.29 is 9.53 Å². The number of aromatic amines is 1. The molecule has 1 aromatic carbocycles. The molecule has 0 unspecified atom stereocenters. The van der Waals surface area contributed by atoms with Gasteiger partial charge in [-0.3, -0.25) is 0 Å². The second-order valence-electron chi connectivity index (χ2n) is 5.90. The van der Waals surface area contributed by atoms with Gasteiger partial charge in [0.1, 0.15) is 11.4 Å². The molecule has 5 heteroatoms. The Morgan fingerprint density at radius 1 is 1.29 bits per heavy atom. The van der Waals surface area contributed by atoms with Crippen LogP contribution in [-0.4, -0.2) is 21.7 Å². The quantitative estimate of drug-likeness (QED) is 0.905. The van der Waals surface area contributed by atoms with E-state index < -0.39 is 11.7 Å². The standard InChI is InChI=1S/C16H21N3O2/c1-11(18-15(20)21-16(2,3)4)14-17-10-13(19-14)12-8-6-5-7-9-12/h5-11H,1-4H3,(H,17,19)(H,18,20)/t11-/m0/s1. The van der Waals surface area contributed by atoms with Gasteiger partial charge < -0.3 is 15.0 Å². The number of amides is 1. The molecule has 0 saturated heterocycles. The number of carbonyl (C=O) groups excluding carboxylic acids is 1. The van der Waals surface area contributed by atoms with Crippen LogP contribution in [-0.2, 0) is 4.74 Å². The summed E-state index contributed by atoms with van der Waals surface area (Å²) in [7, 11) is 0. The summed E-state index contributed by atoms with van der Waals surface area (Å²) in [5, 5.41) is 2.76. The lowest BCUT2D eigenvalue weighted by atomic mass is 10.2. The van der Waals surface area contributed by atoms with E-state index in [9.17, 15) is 4.79 Å². The molecule has 0 radical (unpaired) electrons. The monoisotopic (exact) mass is 287 g/mol. The summed E-state index contributed by atoms with van der Waals surface area (Å²) >= 11 is 0. The van der Waals surface area contributed by atoms with Gasteiger partial charge in [0.25, 0.3) is 0 Å². The average Bonchev–Trinajstić information content (AvgIpc) is 2.87. The molecule has 112 valence electrons. The van der Waals surface area contributed by atoms with Gasteiger partial charge >= 0.3 is 6.09 Å². The van der Waals surface area contributed by atoms with E-state index in [-0.39, 0.29) is 6.04 Å². The summed E-state index contributed by atoms with van der Waals surface area (Å²) in [6.07, 6.45) is 1.38. The van der Waals surface area contributed by atoms with Crippen molar-refractivity contribution in [3.8, 4) is 11.3 Å². The highest BCUT2D eigenvalue weighted by atomic mass is 16.6. The number of ether oxygens (including phenoxy) is 1. The molecule has 5 nitrogen and oxygen atoms in total. The second-order valence-corrected chi connectivity index (χ2v) is 5.90. The Kier molecular flexibility index (Phi) is 4.31. The zero-order chi connectivity index (χ0) is 15.5. The third kappa shape index (κ3) is 4.34. The fourth-order valence-electron chi connectivity index (χ4n) is 1.87. The molecule has 0 saturated carbocycles. The Hall–Kier alpha value is -2.30. The molecule has 1 amide bonds. The van der Waals surface area contributed by atoms with Crippen molar-refractivity contribution in [1.29, 1.82) is 0 Å². The van der Waals surface area contributed by atoms with E-state index in [1.165, 1.54) is 0 Å². The van der Waals surface area contributed by atoms with E-state index in [4.69, 9.17) is 4.74 Å². The molecule has 1 aromatic heterocycles. The number of hydrogen-bond acceptors (Lipinski definition) is 3. The minimum atomic E-state index is -0.512. The van der Waals surface area contributed by atoms with Crippen LogP contribution in [0.2, 0.25) is 0 Å². The number of alkyl carbamates (subject to hydrolysis) is 1. The number of imidazole rings is 1. The van der Waals surface area contributed by atoms with Crippen molar-refractivity contribution in [2.24, 2.45) is 0 Å². The predicted octanol–water partition coefficient (Wildman–Crippen LogP) is 3.66. The van der Waals surface area contributed by atoms with E-state index in [1.54, 1.807) is 0 Å². The van der Waals surface area contributed by atoms with Crippen LogP contribution < -0.4 is 5.32 Å². The van der Waals surface area contributed by atoms with Gasteiger partial charge in [0.05, 0.1) is 11.7 Å². The summed E-state index contributed by atoms with van der Waals surface area (Å²) in [4.78, 5) is 19.3. The number of carbonyl (C=O) groups is 1. The number of nitrogens with zero attached hydrogens (tertiary/aromatic N) is 1. The number of aromatic nitrogens is 2. The summed E-state index contributed by atoms with van der Waals surface area (Å²) in [6, 6.07) is 9.62. The van der Waals surface area contributed by atoms with Crippen LogP contribution in [0.15, 0.2) is 36.5 Å². The Morgan fingerprint density at radius 3 is 2.57 bits per heavy atom. The molecule has 1 atom stereocenters. The van der Waals surface area contributed by atoms with Crippen LogP contribution in [0, 0.1) is 0 Å². The zero-order valence-corrected chi connectivity index (χ0v) is 12.8. The van der Waals surface area contributed by atoms with Gasteiger partial charge in [0, 0.05) is 11.8 Å². The second kappa shape index (κ2) is 5.99. The van der Waals surface area contributed by atoms with Gasteiger partial charge in [-0.1, -0.05) is 30.3 Å². The molecule has 0 aliphatic heterocycles. The van der Waals surface area contributed by atoms with Crippen molar-refractivity contribution in [3.05, 3.63) is 42.4 Å². The minimum Gasteiger partial charge on any atom is -0.444 e. The summed E-state index contributed by atoms with van der Waals surface area (Å²) in [5.41, 5.74) is 1.37. The fraction of sp³-hybridized carbons (Fsp3) is 0.375. The maximum Gasteiger partial charge on any atom is 0.408 e. The third-order valence-electron chi connectivity index (χ3n) is 2.81. The van der Waals surface area contributed by atoms with Gasteiger partial charge in [-0.25, -0.2) is 9.78 Å². The molecule has 2 aromatic rings. The first-order chi connectivity index (χ1) is 9.85. The molecule has 0 spiro atoms. The first-order valence-corrected chi connectivity index (χ1v) is 6.95. The molecule has 0 aliphatic carbocycles. The van der Waals surface area contributed by atoms with E-state index in [2.05, 4.69) is 15.3 Å². The molecule has 0 bridgehead atoms. The van der Waals surface area contributed by atoms with Crippen molar-refractivity contribution in [2.45, 2.75) is 39.3 Å². The lowest BCUT2D eigenvalue weighted by Gasteiger charge is -2.21. The first kappa shape index (κ1) is 15.1. The molecular formula is C16H21N3O2. The number of nitrogens with one attached hydrogen (secondary N) is 2. The van der Waals surface area contributed by atoms with Gasteiger partial charge in [-0.05, 0) is 27.7 Å². The van der Waals surface area contributed by atoms with E-state index in [1.807, 2.05) is 64.2 Å². The highest BCUT2D eigenvalue weighted by Gasteiger charge is 2.19. The normalized spacial score (nSPS) is 12.8. The summed E-state index contributed by atoms with van der Waals surface area (Å²) in [5.74, 6) is 0.694. The number of rotatable bonds is 3. The molecule has 2 rings (SSSR count). The Morgan fingerprint density at radius 2 is 1.95 bits per heavy atom. The fourth-order valence-corrected chi connectivity index (χ4v) is 1.87.